The van der Waals surface area contributed by atoms with E-state index in [0.29, 0.717) is 0 Å². The number of unbranched alkanes of at least 4 members (excludes halogenated alkanes) is 34. The van der Waals surface area contributed by atoms with E-state index in [1.807, 2.05) is 0 Å². The molecule has 0 rings (SSSR count). The molecule has 6 nitrogen and oxygen atoms in total. The van der Waals surface area contributed by atoms with Crippen LogP contribution in [0.2, 0.25) is 0 Å². The maximum absolute atomic E-state index is 10.2. The van der Waals surface area contributed by atoms with Crippen LogP contribution in [0.5, 0.6) is 0 Å². The Labute approximate surface area is 471 Å². The van der Waals surface area contributed by atoms with Crippen molar-refractivity contribution >= 4 is 17.9 Å². The molecule has 0 fully saturated rings. The third-order valence-corrected chi connectivity index (χ3v) is 9.95. The summed E-state index contributed by atoms with van der Waals surface area (Å²) < 4.78 is 0. The summed E-state index contributed by atoms with van der Waals surface area (Å²) >= 11 is 0. The van der Waals surface area contributed by atoms with Crippen LogP contribution in [0.3, 0.4) is 0 Å². The monoisotopic (exact) mass is 855 g/mol. The van der Waals surface area contributed by atoms with E-state index in [-0.39, 0.29) is 173 Å². The molecule has 0 amide bonds. The molecule has 0 spiro atoms. The minimum atomic E-state index is -0.909. The summed E-state index contributed by atoms with van der Waals surface area (Å²) in [6, 6.07) is 0. The second-order valence-corrected chi connectivity index (χ2v) is 15.4. The standard InChI is InChI=1S/C18H36O2.C16H32O2.C12H24O2.3K/c1-2-3-4-5-6-7-8-9-10-11-12-13-14-15-16-17-18(19)20;1-2-3-4-5-6-7-8-9-10-11-12-13-14-15-16(17)18;1-2-3-4-5-6-7-8-9-10-11-12(13)14;;;/h2-17H2,1H3,(H,19,20);2-15H2,1H3,(H,17,18);2-11H2,1H3,(H,13,14);;;/q;;;3*+1/p-3. The maximum atomic E-state index is 10.2. The van der Waals surface area contributed by atoms with Crippen molar-refractivity contribution in [1.29, 1.82) is 0 Å². The molecule has 0 aromatic carbocycles. The van der Waals surface area contributed by atoms with Gasteiger partial charge < -0.3 is 29.7 Å². The Hall–Kier alpha value is 3.32. The summed E-state index contributed by atoms with van der Waals surface area (Å²) in [4.78, 5) is 30.5. The smallest absolute Gasteiger partial charge is 0.550 e. The van der Waals surface area contributed by atoms with Gasteiger partial charge in [-0.05, 0) is 38.5 Å². The Morgan fingerprint density at radius 3 is 0.455 bits per heavy atom. The van der Waals surface area contributed by atoms with Crippen molar-refractivity contribution in [2.75, 3.05) is 0 Å². The first-order chi connectivity index (χ1) is 25.3. The van der Waals surface area contributed by atoms with Crippen molar-refractivity contribution < 1.29 is 184 Å². The van der Waals surface area contributed by atoms with Gasteiger partial charge in [-0.15, -0.1) is 0 Å². The molecule has 0 bridgehead atoms. The predicted molar refractivity (Wildman–Crippen MR) is 217 cm³/mol. The Morgan fingerprint density at radius 2 is 0.345 bits per heavy atom. The van der Waals surface area contributed by atoms with Crippen molar-refractivity contribution in [1.82, 2.24) is 0 Å². The van der Waals surface area contributed by atoms with Crippen LogP contribution >= 0.6 is 0 Å². The summed E-state index contributed by atoms with van der Waals surface area (Å²) in [5, 5.41) is 30.5. The number of hydrogen-bond donors (Lipinski definition) is 0. The molecule has 0 aliphatic heterocycles. The molecule has 0 aromatic rings. The van der Waals surface area contributed by atoms with E-state index in [1.165, 1.54) is 199 Å². The fourth-order valence-electron chi connectivity index (χ4n) is 6.51. The number of carboxylic acids is 3. The van der Waals surface area contributed by atoms with Crippen LogP contribution in [0.4, 0.5) is 0 Å². The molecule has 0 heterocycles. The van der Waals surface area contributed by atoms with Crippen molar-refractivity contribution in [3.8, 4) is 0 Å². The van der Waals surface area contributed by atoms with E-state index in [2.05, 4.69) is 20.8 Å². The zero-order chi connectivity index (χ0) is 39.0. The van der Waals surface area contributed by atoms with Gasteiger partial charge in [-0.25, -0.2) is 0 Å². The topological polar surface area (TPSA) is 120 Å². The molecule has 0 atom stereocenters. The second-order valence-electron chi connectivity index (χ2n) is 15.4. The molecule has 0 aliphatic carbocycles. The van der Waals surface area contributed by atoms with Crippen LogP contribution in [-0.4, -0.2) is 17.9 Å². The first-order valence-electron chi connectivity index (χ1n) is 22.9. The van der Waals surface area contributed by atoms with E-state index in [9.17, 15) is 29.7 Å². The summed E-state index contributed by atoms with van der Waals surface area (Å²) in [7, 11) is 0. The van der Waals surface area contributed by atoms with Crippen molar-refractivity contribution in [3.05, 3.63) is 0 Å². The normalized spacial score (nSPS) is 10.1. The van der Waals surface area contributed by atoms with Crippen molar-refractivity contribution in [2.45, 2.75) is 278 Å². The Balaban J connectivity index is -0.000000162. The van der Waals surface area contributed by atoms with Gasteiger partial charge in [0.2, 0.25) is 0 Å². The second kappa shape index (κ2) is 66.4. The Kier molecular flexibility index (Phi) is 84.5. The van der Waals surface area contributed by atoms with Crippen LogP contribution in [-0.2, 0) is 14.4 Å². The van der Waals surface area contributed by atoms with Gasteiger partial charge in [0.25, 0.3) is 0 Å². The van der Waals surface area contributed by atoms with Gasteiger partial charge in [0.15, 0.2) is 0 Å². The van der Waals surface area contributed by atoms with Crippen LogP contribution in [0.25, 0.3) is 0 Å². The van der Waals surface area contributed by atoms with Gasteiger partial charge in [0.1, 0.15) is 0 Å². The molecular formula is C46H89K3O6. The number of carbonyl (C=O) groups excluding carboxylic acids is 3. The summed E-state index contributed by atoms with van der Waals surface area (Å²) in [5.41, 5.74) is 0. The molecule has 0 saturated carbocycles. The van der Waals surface area contributed by atoms with Gasteiger partial charge in [-0.1, -0.05) is 239 Å². The molecule has 0 saturated heterocycles. The summed E-state index contributed by atoms with van der Waals surface area (Å²) in [5.74, 6) is -2.72. The Bertz CT molecular complexity index is 711. The zero-order valence-electron chi connectivity index (χ0n) is 38.2. The molecule has 0 N–H and O–H groups in total. The predicted octanol–water partition coefficient (Wildman–Crippen LogP) is 2.88. The average Bonchev–Trinajstić information content (AvgIpc) is 3.11. The van der Waals surface area contributed by atoms with Gasteiger partial charge in [0, 0.05) is 17.9 Å². The fourth-order valence-corrected chi connectivity index (χ4v) is 6.51. The van der Waals surface area contributed by atoms with E-state index >= 15 is 0 Å². The fraction of sp³-hybridized carbons (Fsp3) is 0.935. The number of carbonyl (C=O) groups is 3. The van der Waals surface area contributed by atoms with Gasteiger partial charge in [-0.3, -0.25) is 0 Å². The SMILES string of the molecule is CCCCCCCCCCCC(=O)[O-].CCCCCCCCCCCCCCCC(=O)[O-].CCCCCCCCCCCCCCCCCC(=O)[O-].[K+].[K+].[K+]. The van der Waals surface area contributed by atoms with E-state index in [4.69, 9.17) is 0 Å². The minimum absolute atomic E-state index is 0. The van der Waals surface area contributed by atoms with Crippen LogP contribution in [0.15, 0.2) is 0 Å². The summed E-state index contributed by atoms with van der Waals surface area (Å²) in [6.07, 6.45) is 48.0. The van der Waals surface area contributed by atoms with E-state index < -0.39 is 17.9 Å². The number of aliphatic carboxylic acids is 3. The largest absolute Gasteiger partial charge is 1.00 e. The maximum Gasteiger partial charge on any atom is 1.00 e. The molecule has 55 heavy (non-hydrogen) atoms. The quantitative estimate of drug-likeness (QED) is 0.0692. The molecule has 0 aromatic heterocycles. The minimum Gasteiger partial charge on any atom is -0.550 e. The molecule has 0 aliphatic rings. The summed E-state index contributed by atoms with van der Waals surface area (Å²) in [6.45, 7) is 6.75. The first-order valence-corrected chi connectivity index (χ1v) is 22.9. The van der Waals surface area contributed by atoms with E-state index in [0.717, 1.165) is 38.5 Å². The number of rotatable bonds is 40. The van der Waals surface area contributed by atoms with Gasteiger partial charge in [-0.2, -0.15) is 0 Å². The molecule has 9 heteroatoms. The molecule has 312 valence electrons. The molecule has 0 radical (unpaired) electrons. The first kappa shape index (κ1) is 70.0. The third-order valence-electron chi connectivity index (χ3n) is 9.95. The number of hydrogen-bond acceptors (Lipinski definition) is 6. The van der Waals surface area contributed by atoms with Gasteiger partial charge in [0.05, 0.1) is 0 Å². The Morgan fingerprint density at radius 1 is 0.236 bits per heavy atom. The van der Waals surface area contributed by atoms with Crippen molar-refractivity contribution in [2.24, 2.45) is 0 Å². The van der Waals surface area contributed by atoms with Crippen LogP contribution in [0.1, 0.15) is 278 Å². The van der Waals surface area contributed by atoms with E-state index in [1.54, 1.807) is 0 Å². The van der Waals surface area contributed by atoms with Crippen molar-refractivity contribution in [3.63, 3.8) is 0 Å². The zero-order valence-corrected chi connectivity index (χ0v) is 47.6. The average molecular weight is 856 g/mol. The molecule has 0 unspecified atom stereocenters. The van der Waals surface area contributed by atoms with Crippen LogP contribution in [0, 0.1) is 0 Å². The molecular weight excluding hydrogens is 766 g/mol. The third kappa shape index (κ3) is 81.8. The van der Waals surface area contributed by atoms with Gasteiger partial charge >= 0.3 is 154 Å². The number of carboxylic acid groups (broad SMARTS) is 3. The van der Waals surface area contributed by atoms with Crippen LogP contribution < -0.4 is 169 Å².